The Morgan fingerprint density at radius 3 is 2.50 bits per heavy atom. The van der Waals surface area contributed by atoms with Crippen LogP contribution in [0.4, 0.5) is 4.39 Å². The fraction of sp³-hybridized carbons (Fsp3) is 0.462. The Balaban J connectivity index is 2.58. The van der Waals surface area contributed by atoms with Crippen molar-refractivity contribution < 1.29 is 18.7 Å². The first kappa shape index (κ1) is 12.6. The molecule has 1 fully saturated rings. The first-order valence-corrected chi connectivity index (χ1v) is 5.68. The minimum absolute atomic E-state index is 0.0942. The van der Waals surface area contributed by atoms with Crippen LogP contribution in [0.5, 0.6) is 11.5 Å². The Morgan fingerprint density at radius 2 is 2.06 bits per heavy atom. The first-order valence-electron chi connectivity index (χ1n) is 5.68. The number of aliphatic imine (C=N–C) groups is 1. The second-order valence-corrected chi connectivity index (χ2v) is 4.28. The van der Waals surface area contributed by atoms with Gasteiger partial charge in [-0.2, -0.15) is 4.99 Å². The quantitative estimate of drug-likeness (QED) is 0.610. The Hall–Kier alpha value is -1.87. The summed E-state index contributed by atoms with van der Waals surface area (Å²) < 4.78 is 24.3. The maximum atomic E-state index is 14.3. The van der Waals surface area contributed by atoms with E-state index < -0.39 is 11.4 Å². The van der Waals surface area contributed by atoms with Crippen molar-refractivity contribution in [3.63, 3.8) is 0 Å². The molecule has 1 aliphatic rings. The summed E-state index contributed by atoms with van der Waals surface area (Å²) in [5.74, 6) is 0.0874. The van der Waals surface area contributed by atoms with E-state index in [2.05, 4.69) is 4.99 Å². The number of halogens is 1. The highest BCUT2D eigenvalue weighted by atomic mass is 19.1. The molecule has 0 unspecified atom stereocenters. The molecule has 0 amide bonds. The minimum atomic E-state index is -0.798. The zero-order chi connectivity index (χ0) is 13.2. The highest BCUT2D eigenvalue weighted by Gasteiger charge is 2.42. The molecule has 1 aromatic carbocycles. The van der Waals surface area contributed by atoms with E-state index in [4.69, 9.17) is 9.47 Å². The zero-order valence-electron chi connectivity index (χ0n) is 10.3. The van der Waals surface area contributed by atoms with Crippen molar-refractivity contribution in [1.29, 1.82) is 0 Å². The van der Waals surface area contributed by atoms with Crippen molar-refractivity contribution in [2.24, 2.45) is 4.99 Å². The highest BCUT2D eigenvalue weighted by molar-refractivity contribution is 5.46. The van der Waals surface area contributed by atoms with Crippen molar-refractivity contribution in [2.45, 2.75) is 24.8 Å². The summed E-state index contributed by atoms with van der Waals surface area (Å²) in [5, 5.41) is 0. The van der Waals surface area contributed by atoms with Crippen molar-refractivity contribution in [3.05, 3.63) is 23.5 Å². The monoisotopic (exact) mass is 251 g/mol. The van der Waals surface area contributed by atoms with Gasteiger partial charge in [-0.1, -0.05) is 0 Å². The van der Waals surface area contributed by atoms with E-state index in [0.717, 1.165) is 6.42 Å². The maximum absolute atomic E-state index is 14.3. The van der Waals surface area contributed by atoms with Crippen LogP contribution in [0.1, 0.15) is 24.8 Å². The molecule has 5 heteroatoms. The van der Waals surface area contributed by atoms with Gasteiger partial charge in [0.05, 0.1) is 14.2 Å². The summed E-state index contributed by atoms with van der Waals surface area (Å²) >= 11 is 0. The lowest BCUT2D eigenvalue weighted by Crippen LogP contribution is -2.33. The molecule has 0 saturated heterocycles. The van der Waals surface area contributed by atoms with Crippen LogP contribution in [0, 0.1) is 5.82 Å². The van der Waals surface area contributed by atoms with E-state index in [9.17, 15) is 9.18 Å². The predicted molar refractivity (Wildman–Crippen MR) is 63.2 cm³/mol. The lowest BCUT2D eigenvalue weighted by atomic mass is 9.72. The fourth-order valence-corrected chi connectivity index (χ4v) is 2.22. The number of hydrogen-bond donors (Lipinski definition) is 0. The second kappa shape index (κ2) is 4.78. The number of hydrogen-bond acceptors (Lipinski definition) is 4. The summed E-state index contributed by atoms with van der Waals surface area (Å²) in [6.07, 6.45) is 3.71. The van der Waals surface area contributed by atoms with E-state index in [-0.39, 0.29) is 5.75 Å². The van der Waals surface area contributed by atoms with Crippen molar-refractivity contribution in [3.8, 4) is 11.5 Å². The van der Waals surface area contributed by atoms with Gasteiger partial charge in [0.25, 0.3) is 0 Å². The molecule has 0 aromatic heterocycles. The van der Waals surface area contributed by atoms with Crippen molar-refractivity contribution in [1.82, 2.24) is 0 Å². The van der Waals surface area contributed by atoms with Gasteiger partial charge >= 0.3 is 0 Å². The Bertz CT molecular complexity index is 505. The predicted octanol–water partition coefficient (Wildman–Crippen LogP) is 2.56. The average molecular weight is 251 g/mol. The molecule has 0 bridgehead atoms. The summed E-state index contributed by atoms with van der Waals surface area (Å²) in [6.45, 7) is 0. The molecule has 1 aromatic rings. The molecule has 2 rings (SSSR count). The van der Waals surface area contributed by atoms with Crippen LogP contribution in [0.15, 0.2) is 17.1 Å². The van der Waals surface area contributed by atoms with Gasteiger partial charge in [0.15, 0.2) is 11.6 Å². The maximum Gasteiger partial charge on any atom is 0.235 e. The van der Waals surface area contributed by atoms with Crippen LogP contribution in [0.25, 0.3) is 0 Å². The molecule has 0 aliphatic heterocycles. The summed E-state index contributed by atoms with van der Waals surface area (Å²) in [7, 11) is 2.88. The van der Waals surface area contributed by atoms with E-state index in [1.165, 1.54) is 26.4 Å². The van der Waals surface area contributed by atoms with Crippen LogP contribution in [-0.4, -0.2) is 20.3 Å². The van der Waals surface area contributed by atoms with Gasteiger partial charge in [0.1, 0.15) is 11.3 Å². The second-order valence-electron chi connectivity index (χ2n) is 4.28. The molecular formula is C13H14FNO3. The van der Waals surface area contributed by atoms with Gasteiger partial charge in [0, 0.05) is 11.6 Å². The van der Waals surface area contributed by atoms with Crippen molar-refractivity contribution in [2.75, 3.05) is 14.2 Å². The lowest BCUT2D eigenvalue weighted by Gasteiger charge is -2.37. The average Bonchev–Trinajstić information content (AvgIpc) is 2.34. The molecule has 0 spiro atoms. The Kier molecular flexibility index (Phi) is 3.34. The smallest absolute Gasteiger partial charge is 0.235 e. The summed E-state index contributed by atoms with van der Waals surface area (Å²) in [6, 6.07) is 3.04. The van der Waals surface area contributed by atoms with Crippen LogP contribution in [0.3, 0.4) is 0 Å². The molecule has 18 heavy (non-hydrogen) atoms. The van der Waals surface area contributed by atoms with Gasteiger partial charge in [-0.3, -0.25) is 0 Å². The molecule has 0 atom stereocenters. The number of isocyanates is 1. The van der Waals surface area contributed by atoms with Crippen molar-refractivity contribution >= 4 is 6.08 Å². The third-order valence-electron chi connectivity index (χ3n) is 3.41. The largest absolute Gasteiger partial charge is 0.497 e. The SMILES string of the molecule is COc1cc(OC)c(F)c(C2(N=C=O)CCC2)c1. The number of ether oxygens (including phenoxy) is 2. The van der Waals surface area contributed by atoms with Crippen LogP contribution >= 0.6 is 0 Å². The van der Waals surface area contributed by atoms with Crippen LogP contribution in [-0.2, 0) is 10.3 Å². The third kappa shape index (κ3) is 1.87. The van der Waals surface area contributed by atoms with Gasteiger partial charge in [-0.15, -0.1) is 0 Å². The number of nitrogens with zero attached hydrogens (tertiary/aromatic N) is 1. The van der Waals surface area contributed by atoms with Crippen LogP contribution < -0.4 is 9.47 Å². The molecule has 1 aliphatic carbocycles. The standard InChI is InChI=1S/C13H14FNO3/c1-17-9-6-10(12(14)11(7-9)18-2)13(15-8-16)4-3-5-13/h6-7H,3-5H2,1-2H3. The van der Waals surface area contributed by atoms with E-state index in [1.54, 1.807) is 6.07 Å². The van der Waals surface area contributed by atoms with E-state index in [1.807, 2.05) is 0 Å². The van der Waals surface area contributed by atoms with Gasteiger partial charge in [-0.05, 0) is 25.3 Å². The Labute approximate surface area is 104 Å². The zero-order valence-corrected chi connectivity index (χ0v) is 10.3. The molecular weight excluding hydrogens is 237 g/mol. The number of carbonyl (C=O) groups excluding carboxylic acids is 1. The third-order valence-corrected chi connectivity index (χ3v) is 3.41. The molecule has 0 radical (unpaired) electrons. The minimum Gasteiger partial charge on any atom is -0.497 e. The van der Waals surface area contributed by atoms with Gasteiger partial charge in [0.2, 0.25) is 6.08 Å². The molecule has 96 valence electrons. The highest BCUT2D eigenvalue weighted by Crippen LogP contribution is 2.48. The molecule has 4 nitrogen and oxygen atoms in total. The molecule has 0 heterocycles. The van der Waals surface area contributed by atoms with Crippen LogP contribution in [0.2, 0.25) is 0 Å². The number of rotatable bonds is 4. The molecule has 0 N–H and O–H groups in total. The topological polar surface area (TPSA) is 47.9 Å². The van der Waals surface area contributed by atoms with E-state index >= 15 is 0 Å². The lowest BCUT2D eigenvalue weighted by molar-refractivity contribution is 0.242. The fourth-order valence-electron chi connectivity index (χ4n) is 2.22. The molecule has 1 saturated carbocycles. The van der Waals surface area contributed by atoms with E-state index in [0.29, 0.717) is 24.2 Å². The Morgan fingerprint density at radius 1 is 1.33 bits per heavy atom. The number of benzene rings is 1. The summed E-state index contributed by atoms with van der Waals surface area (Å²) in [4.78, 5) is 14.3. The van der Waals surface area contributed by atoms with Gasteiger partial charge in [-0.25, -0.2) is 9.18 Å². The normalized spacial score (nSPS) is 16.4. The number of methoxy groups -OCH3 is 2. The van der Waals surface area contributed by atoms with Gasteiger partial charge < -0.3 is 9.47 Å². The summed E-state index contributed by atoms with van der Waals surface area (Å²) in [5.41, 5.74) is -0.457. The first-order chi connectivity index (χ1) is 8.66.